The molecule has 0 fully saturated rings. The summed E-state index contributed by atoms with van der Waals surface area (Å²) in [6, 6.07) is 5.10. The van der Waals surface area contributed by atoms with Gasteiger partial charge in [0.2, 0.25) is 0 Å². The van der Waals surface area contributed by atoms with Crippen LogP contribution < -0.4 is 0 Å². The van der Waals surface area contributed by atoms with Gasteiger partial charge in [-0.25, -0.2) is 4.39 Å². The fourth-order valence-corrected chi connectivity index (χ4v) is 3.01. The normalized spacial score (nSPS) is 15.7. The molecule has 2 rings (SSSR count). The Hall–Kier alpha value is -1.42. The van der Waals surface area contributed by atoms with Crippen molar-refractivity contribution >= 4 is 5.84 Å². The summed E-state index contributed by atoms with van der Waals surface area (Å²) < 4.78 is 13.3. The first-order chi connectivity index (χ1) is 10.1. The lowest BCUT2D eigenvalue weighted by molar-refractivity contribution is 0.264. The second kappa shape index (κ2) is 7.03. The molecule has 116 valence electrons. The number of nitrogens with one attached hydrogen (secondary N) is 1. The summed E-state index contributed by atoms with van der Waals surface area (Å²) in [5.41, 5.74) is 1.82. The zero-order valence-corrected chi connectivity index (χ0v) is 13.3. The second-order valence-corrected chi connectivity index (χ2v) is 5.80. The Morgan fingerprint density at radius 3 is 2.71 bits per heavy atom. The molecule has 1 atom stereocenters. The number of benzene rings is 1. The molecule has 0 spiro atoms. The van der Waals surface area contributed by atoms with Crippen LogP contribution in [0.2, 0.25) is 0 Å². The fourth-order valence-electron chi connectivity index (χ4n) is 3.01. The Morgan fingerprint density at radius 2 is 2.05 bits per heavy atom. The summed E-state index contributed by atoms with van der Waals surface area (Å²) in [4.78, 5) is 4.51. The fraction of sp³-hybridized carbons (Fsp3) is 0.588. The van der Waals surface area contributed by atoms with Crippen LogP contribution in [0.25, 0.3) is 0 Å². The molecule has 1 aliphatic heterocycles. The lowest BCUT2D eigenvalue weighted by Crippen LogP contribution is -2.34. The van der Waals surface area contributed by atoms with Crippen LogP contribution in [0.15, 0.2) is 18.2 Å². The van der Waals surface area contributed by atoms with Gasteiger partial charge in [-0.15, -0.1) is 0 Å². The van der Waals surface area contributed by atoms with E-state index in [2.05, 4.69) is 30.6 Å². The van der Waals surface area contributed by atoms with Crippen molar-refractivity contribution in [3.8, 4) is 0 Å². The highest BCUT2D eigenvalue weighted by Gasteiger charge is 2.27. The van der Waals surface area contributed by atoms with Crippen molar-refractivity contribution in [1.82, 2.24) is 9.80 Å². The minimum Gasteiger partial charge on any atom is -0.350 e. The third-order valence-electron chi connectivity index (χ3n) is 4.48. The molecule has 1 aliphatic rings. The maximum atomic E-state index is 13.3. The van der Waals surface area contributed by atoms with Gasteiger partial charge in [0.15, 0.2) is 0 Å². The van der Waals surface area contributed by atoms with Crippen LogP contribution in [-0.2, 0) is 6.54 Å². The van der Waals surface area contributed by atoms with E-state index in [1.165, 1.54) is 12.1 Å². The Bertz CT molecular complexity index is 497. The Morgan fingerprint density at radius 1 is 1.33 bits per heavy atom. The maximum Gasteiger partial charge on any atom is 0.129 e. The number of rotatable bonds is 7. The van der Waals surface area contributed by atoms with Crippen molar-refractivity contribution in [3.05, 3.63) is 35.1 Å². The first-order valence-corrected chi connectivity index (χ1v) is 7.93. The third-order valence-corrected chi connectivity index (χ3v) is 4.48. The highest BCUT2D eigenvalue weighted by molar-refractivity contribution is 6.00. The van der Waals surface area contributed by atoms with E-state index in [-0.39, 0.29) is 5.82 Å². The van der Waals surface area contributed by atoms with E-state index in [1.807, 2.05) is 6.07 Å². The number of halogens is 1. The second-order valence-electron chi connectivity index (χ2n) is 5.80. The van der Waals surface area contributed by atoms with Gasteiger partial charge in [-0.1, -0.05) is 19.9 Å². The van der Waals surface area contributed by atoms with Gasteiger partial charge in [0.25, 0.3) is 0 Å². The molecular weight excluding hydrogens is 265 g/mol. The van der Waals surface area contributed by atoms with Gasteiger partial charge in [0.05, 0.1) is 0 Å². The first-order valence-electron chi connectivity index (χ1n) is 7.93. The standard InChI is InChI=1S/C17H26FN3/c1-4-20(5-2)10-6-7-13(3)21-12-14-8-9-15(18)11-16(14)17(21)19/h8-9,11,13,19H,4-7,10,12H2,1-3H3. The molecule has 1 unspecified atom stereocenters. The average Bonchev–Trinajstić information content (AvgIpc) is 2.80. The molecule has 1 aromatic carbocycles. The van der Waals surface area contributed by atoms with Gasteiger partial charge in [-0.3, -0.25) is 5.41 Å². The molecule has 21 heavy (non-hydrogen) atoms. The average molecular weight is 291 g/mol. The van der Waals surface area contributed by atoms with E-state index >= 15 is 0 Å². The quantitative estimate of drug-likeness (QED) is 0.833. The van der Waals surface area contributed by atoms with Crippen molar-refractivity contribution in [1.29, 1.82) is 5.41 Å². The first kappa shape index (κ1) is 16.0. The monoisotopic (exact) mass is 291 g/mol. The van der Waals surface area contributed by atoms with Gasteiger partial charge in [0, 0.05) is 18.2 Å². The molecule has 0 bridgehead atoms. The van der Waals surface area contributed by atoms with Crippen molar-refractivity contribution in [2.24, 2.45) is 0 Å². The van der Waals surface area contributed by atoms with E-state index in [4.69, 9.17) is 5.41 Å². The van der Waals surface area contributed by atoms with Crippen molar-refractivity contribution < 1.29 is 4.39 Å². The molecule has 1 N–H and O–H groups in total. The summed E-state index contributed by atoms with van der Waals surface area (Å²) in [5.74, 6) is 0.217. The molecule has 0 aromatic heterocycles. The predicted octanol–water partition coefficient (Wildman–Crippen LogP) is 3.48. The van der Waals surface area contributed by atoms with Gasteiger partial charge in [-0.05, 0) is 57.1 Å². The molecular formula is C17H26FN3. The minimum absolute atomic E-state index is 0.255. The van der Waals surface area contributed by atoms with Crippen molar-refractivity contribution in [3.63, 3.8) is 0 Å². The maximum absolute atomic E-state index is 13.3. The van der Waals surface area contributed by atoms with Crippen LogP contribution in [0.4, 0.5) is 4.39 Å². The minimum atomic E-state index is -0.255. The topological polar surface area (TPSA) is 30.3 Å². The lowest BCUT2D eigenvalue weighted by Gasteiger charge is -2.27. The molecule has 0 radical (unpaired) electrons. The number of amidine groups is 1. The Labute approximate surface area is 127 Å². The molecule has 0 saturated heterocycles. The largest absolute Gasteiger partial charge is 0.350 e. The predicted molar refractivity (Wildman–Crippen MR) is 85.3 cm³/mol. The van der Waals surface area contributed by atoms with Crippen molar-refractivity contribution in [2.75, 3.05) is 19.6 Å². The molecule has 0 saturated carbocycles. The van der Waals surface area contributed by atoms with Gasteiger partial charge < -0.3 is 9.80 Å². The van der Waals surface area contributed by atoms with E-state index in [1.54, 1.807) is 0 Å². The van der Waals surface area contributed by atoms with Crippen LogP contribution in [0, 0.1) is 11.2 Å². The summed E-state index contributed by atoms with van der Waals surface area (Å²) in [6.45, 7) is 10.6. The number of hydrogen-bond acceptors (Lipinski definition) is 2. The van der Waals surface area contributed by atoms with Gasteiger partial charge >= 0.3 is 0 Å². The van der Waals surface area contributed by atoms with E-state index in [0.29, 0.717) is 11.9 Å². The zero-order valence-electron chi connectivity index (χ0n) is 13.3. The molecule has 1 aromatic rings. The molecule has 0 aliphatic carbocycles. The van der Waals surface area contributed by atoms with E-state index < -0.39 is 0 Å². The lowest BCUT2D eigenvalue weighted by atomic mass is 10.1. The molecule has 0 amide bonds. The number of hydrogen-bond donors (Lipinski definition) is 1. The third kappa shape index (κ3) is 3.62. The van der Waals surface area contributed by atoms with Gasteiger partial charge in [0.1, 0.15) is 11.7 Å². The van der Waals surface area contributed by atoms with Crippen LogP contribution in [-0.4, -0.2) is 41.3 Å². The summed E-state index contributed by atoms with van der Waals surface area (Å²) >= 11 is 0. The Kier molecular flexibility index (Phi) is 5.34. The van der Waals surface area contributed by atoms with Crippen LogP contribution in [0.3, 0.4) is 0 Å². The molecule has 3 nitrogen and oxygen atoms in total. The number of fused-ring (bicyclic) bond motifs is 1. The highest BCUT2D eigenvalue weighted by Crippen LogP contribution is 2.26. The van der Waals surface area contributed by atoms with E-state index in [0.717, 1.165) is 50.1 Å². The summed E-state index contributed by atoms with van der Waals surface area (Å²) in [6.07, 6.45) is 2.20. The van der Waals surface area contributed by atoms with E-state index in [9.17, 15) is 4.39 Å². The number of nitrogens with zero attached hydrogens (tertiary/aromatic N) is 2. The molecule has 4 heteroatoms. The van der Waals surface area contributed by atoms with Gasteiger partial charge in [-0.2, -0.15) is 0 Å². The van der Waals surface area contributed by atoms with Crippen LogP contribution in [0.1, 0.15) is 44.7 Å². The zero-order chi connectivity index (χ0) is 15.4. The van der Waals surface area contributed by atoms with Crippen LogP contribution >= 0.6 is 0 Å². The summed E-state index contributed by atoms with van der Waals surface area (Å²) in [7, 11) is 0. The van der Waals surface area contributed by atoms with Crippen molar-refractivity contribution in [2.45, 2.75) is 46.2 Å². The SMILES string of the molecule is CCN(CC)CCCC(C)N1Cc2ccc(F)cc2C1=N. The smallest absolute Gasteiger partial charge is 0.129 e. The Balaban J connectivity index is 1.90. The highest BCUT2D eigenvalue weighted by atomic mass is 19.1. The summed E-state index contributed by atoms with van der Waals surface area (Å²) in [5, 5.41) is 8.26. The van der Waals surface area contributed by atoms with Crippen LogP contribution in [0.5, 0.6) is 0 Å². The molecule has 1 heterocycles.